The molecule has 1 aromatic heterocycles. The molecule has 1 saturated heterocycles. The minimum atomic E-state index is -0.620. The van der Waals surface area contributed by atoms with Crippen molar-refractivity contribution in [3.8, 4) is 6.07 Å². The van der Waals surface area contributed by atoms with E-state index in [2.05, 4.69) is 20.9 Å². The Balaban J connectivity index is 1.53. The number of β-amino-alcohol motifs (C(OH)–C–C–N with tert-alkyl or cyclic N) is 1. The fraction of sp³-hybridized carbons (Fsp3) is 0.333. The Hall–Kier alpha value is -2.49. The highest BCUT2D eigenvalue weighted by molar-refractivity contribution is 5.42. The lowest BCUT2D eigenvalue weighted by atomic mass is 10.1. The van der Waals surface area contributed by atoms with Gasteiger partial charge in [0.05, 0.1) is 11.7 Å². The maximum absolute atomic E-state index is 12.9. The monoisotopic (exact) mass is 326 g/mol. The van der Waals surface area contributed by atoms with Gasteiger partial charge < -0.3 is 10.0 Å². The van der Waals surface area contributed by atoms with Crippen molar-refractivity contribution in [3.63, 3.8) is 0 Å². The predicted molar refractivity (Wildman–Crippen MR) is 89.0 cm³/mol. The van der Waals surface area contributed by atoms with Crippen LogP contribution in [0.15, 0.2) is 42.6 Å². The van der Waals surface area contributed by atoms with Gasteiger partial charge in [0, 0.05) is 38.9 Å². The molecule has 2 aromatic rings. The van der Waals surface area contributed by atoms with Crippen LogP contribution in [0.2, 0.25) is 0 Å². The largest absolute Gasteiger partial charge is 0.387 e. The average molecular weight is 326 g/mol. The first-order valence-electron chi connectivity index (χ1n) is 7.92. The van der Waals surface area contributed by atoms with Crippen molar-refractivity contribution in [2.24, 2.45) is 0 Å². The van der Waals surface area contributed by atoms with Crippen LogP contribution in [0.4, 0.5) is 10.2 Å². The molecule has 1 aliphatic rings. The number of hydrogen-bond donors (Lipinski definition) is 1. The third-order valence-corrected chi connectivity index (χ3v) is 4.26. The van der Waals surface area contributed by atoms with Crippen LogP contribution in [0, 0.1) is 17.1 Å². The smallest absolute Gasteiger partial charge is 0.128 e. The van der Waals surface area contributed by atoms with E-state index < -0.39 is 6.10 Å². The summed E-state index contributed by atoms with van der Waals surface area (Å²) in [5, 5.41) is 19.1. The number of halogens is 1. The Morgan fingerprint density at radius 2 is 1.83 bits per heavy atom. The zero-order valence-corrected chi connectivity index (χ0v) is 13.3. The minimum Gasteiger partial charge on any atom is -0.387 e. The lowest BCUT2D eigenvalue weighted by molar-refractivity contribution is 0.109. The van der Waals surface area contributed by atoms with Crippen LogP contribution in [-0.4, -0.2) is 47.7 Å². The minimum absolute atomic E-state index is 0.297. The molecule has 0 saturated carbocycles. The molecule has 1 aromatic carbocycles. The summed E-state index contributed by atoms with van der Waals surface area (Å²) in [4.78, 5) is 8.67. The number of nitriles is 1. The van der Waals surface area contributed by atoms with Crippen LogP contribution < -0.4 is 4.90 Å². The molecule has 124 valence electrons. The van der Waals surface area contributed by atoms with Gasteiger partial charge in [0.25, 0.3) is 0 Å². The first kappa shape index (κ1) is 16.4. The summed E-state index contributed by atoms with van der Waals surface area (Å²) in [5.74, 6) is 0.571. The fourth-order valence-electron chi connectivity index (χ4n) is 2.83. The summed E-state index contributed by atoms with van der Waals surface area (Å²) in [6.07, 6.45) is 0.963. The number of rotatable bonds is 4. The topological polar surface area (TPSA) is 63.4 Å². The lowest BCUT2D eigenvalue weighted by Crippen LogP contribution is -2.47. The molecule has 0 radical (unpaired) electrons. The Morgan fingerprint density at radius 1 is 1.12 bits per heavy atom. The van der Waals surface area contributed by atoms with E-state index in [4.69, 9.17) is 5.26 Å². The molecule has 0 aliphatic carbocycles. The normalized spacial score (nSPS) is 16.6. The molecule has 1 unspecified atom stereocenters. The van der Waals surface area contributed by atoms with Crippen LogP contribution in [0.5, 0.6) is 0 Å². The van der Waals surface area contributed by atoms with E-state index in [-0.39, 0.29) is 5.82 Å². The van der Waals surface area contributed by atoms with E-state index >= 15 is 0 Å². The molecule has 2 heterocycles. The summed E-state index contributed by atoms with van der Waals surface area (Å²) in [6, 6.07) is 11.7. The Labute approximate surface area is 140 Å². The molecule has 0 amide bonds. The summed E-state index contributed by atoms with van der Waals surface area (Å²) in [6.45, 7) is 3.80. The third-order valence-electron chi connectivity index (χ3n) is 4.26. The van der Waals surface area contributed by atoms with Gasteiger partial charge in [-0.15, -0.1) is 0 Å². The highest BCUT2D eigenvalue weighted by Crippen LogP contribution is 2.18. The molecule has 3 rings (SSSR count). The second-order valence-corrected chi connectivity index (χ2v) is 5.87. The molecule has 0 bridgehead atoms. The molecule has 1 fully saturated rings. The Bertz CT molecular complexity index is 703. The number of aromatic nitrogens is 1. The van der Waals surface area contributed by atoms with Gasteiger partial charge in [-0.25, -0.2) is 9.37 Å². The first-order valence-corrected chi connectivity index (χ1v) is 7.92. The zero-order valence-electron chi connectivity index (χ0n) is 13.3. The van der Waals surface area contributed by atoms with Crippen LogP contribution in [0.25, 0.3) is 0 Å². The lowest BCUT2D eigenvalue weighted by Gasteiger charge is -2.36. The SMILES string of the molecule is N#Cc1ccc(N2CCN(CC(O)c3ccc(F)cc3)CC2)nc1. The van der Waals surface area contributed by atoms with Gasteiger partial charge in [-0.2, -0.15) is 5.26 Å². The van der Waals surface area contributed by atoms with Crippen molar-refractivity contribution in [3.05, 3.63) is 59.5 Å². The molecule has 1 aliphatic heterocycles. The standard InChI is InChI=1S/C18H19FN4O/c19-16-4-2-15(3-5-16)17(24)13-22-7-9-23(10-8-22)18-6-1-14(11-20)12-21-18/h1-6,12,17,24H,7-10,13H2. The van der Waals surface area contributed by atoms with Crippen LogP contribution in [0.1, 0.15) is 17.2 Å². The molecule has 1 N–H and O–H groups in total. The van der Waals surface area contributed by atoms with Gasteiger partial charge in [0.2, 0.25) is 0 Å². The number of aliphatic hydroxyl groups is 1. The molecule has 1 atom stereocenters. The number of piperazine rings is 1. The van der Waals surface area contributed by atoms with Crippen LogP contribution >= 0.6 is 0 Å². The van der Waals surface area contributed by atoms with E-state index in [1.807, 2.05) is 6.07 Å². The number of benzene rings is 1. The van der Waals surface area contributed by atoms with Crippen molar-refractivity contribution in [1.82, 2.24) is 9.88 Å². The second-order valence-electron chi connectivity index (χ2n) is 5.87. The molecule has 5 nitrogen and oxygen atoms in total. The number of pyridine rings is 1. The number of anilines is 1. The van der Waals surface area contributed by atoms with E-state index in [1.54, 1.807) is 24.4 Å². The van der Waals surface area contributed by atoms with Crippen molar-refractivity contribution < 1.29 is 9.50 Å². The number of aliphatic hydroxyl groups excluding tert-OH is 1. The Kier molecular flexibility index (Phi) is 5.04. The Morgan fingerprint density at radius 3 is 2.42 bits per heavy atom. The molecular formula is C18H19FN4O. The van der Waals surface area contributed by atoms with Gasteiger partial charge in [-0.3, -0.25) is 4.90 Å². The number of nitrogens with zero attached hydrogens (tertiary/aromatic N) is 4. The fourth-order valence-corrected chi connectivity index (χ4v) is 2.83. The average Bonchev–Trinajstić information content (AvgIpc) is 2.63. The maximum atomic E-state index is 12.9. The van der Waals surface area contributed by atoms with Crippen LogP contribution in [-0.2, 0) is 0 Å². The van der Waals surface area contributed by atoms with E-state index in [0.29, 0.717) is 12.1 Å². The van der Waals surface area contributed by atoms with E-state index in [1.165, 1.54) is 12.1 Å². The second kappa shape index (κ2) is 7.39. The predicted octanol–water partition coefficient (Wildman–Crippen LogP) is 1.95. The van der Waals surface area contributed by atoms with Crippen molar-refractivity contribution in [2.75, 3.05) is 37.6 Å². The molecule has 0 spiro atoms. The molecular weight excluding hydrogens is 307 g/mol. The summed E-state index contributed by atoms with van der Waals surface area (Å²) >= 11 is 0. The quantitative estimate of drug-likeness (QED) is 0.930. The van der Waals surface area contributed by atoms with Gasteiger partial charge in [0.1, 0.15) is 17.7 Å². The van der Waals surface area contributed by atoms with Gasteiger partial charge in [0.15, 0.2) is 0 Å². The highest BCUT2D eigenvalue weighted by atomic mass is 19.1. The summed E-state index contributed by atoms with van der Waals surface area (Å²) < 4.78 is 12.9. The van der Waals surface area contributed by atoms with Gasteiger partial charge in [-0.05, 0) is 29.8 Å². The maximum Gasteiger partial charge on any atom is 0.128 e. The molecule has 24 heavy (non-hydrogen) atoms. The summed E-state index contributed by atoms with van der Waals surface area (Å²) in [7, 11) is 0. The third kappa shape index (κ3) is 3.88. The van der Waals surface area contributed by atoms with Crippen molar-refractivity contribution in [2.45, 2.75) is 6.10 Å². The van der Waals surface area contributed by atoms with Crippen LogP contribution in [0.3, 0.4) is 0 Å². The van der Waals surface area contributed by atoms with E-state index in [9.17, 15) is 9.50 Å². The van der Waals surface area contributed by atoms with Gasteiger partial charge in [-0.1, -0.05) is 12.1 Å². The van der Waals surface area contributed by atoms with Crippen molar-refractivity contribution >= 4 is 5.82 Å². The first-order chi connectivity index (χ1) is 11.7. The summed E-state index contributed by atoms with van der Waals surface area (Å²) in [5.41, 5.74) is 1.28. The molecule has 6 heteroatoms. The van der Waals surface area contributed by atoms with Crippen molar-refractivity contribution in [1.29, 1.82) is 5.26 Å². The zero-order chi connectivity index (χ0) is 16.9. The number of hydrogen-bond acceptors (Lipinski definition) is 5. The van der Waals surface area contributed by atoms with E-state index in [0.717, 1.165) is 37.6 Å². The van der Waals surface area contributed by atoms with Gasteiger partial charge >= 0.3 is 0 Å². The highest BCUT2D eigenvalue weighted by Gasteiger charge is 2.20.